The van der Waals surface area contributed by atoms with Crippen LogP contribution in [0.25, 0.3) is 10.6 Å². The summed E-state index contributed by atoms with van der Waals surface area (Å²) in [5.74, 6) is 0. The van der Waals surface area contributed by atoms with Gasteiger partial charge in [0.15, 0.2) is 0 Å². The van der Waals surface area contributed by atoms with E-state index in [1.807, 2.05) is 0 Å². The molecule has 0 aromatic carbocycles. The summed E-state index contributed by atoms with van der Waals surface area (Å²) >= 11 is 3.51. The van der Waals surface area contributed by atoms with Gasteiger partial charge < -0.3 is 5.32 Å². The number of nitrogens with one attached hydrogen (secondary N) is 1. The van der Waals surface area contributed by atoms with Crippen LogP contribution in [-0.4, -0.2) is 18.1 Å². The van der Waals surface area contributed by atoms with Crippen LogP contribution in [0, 0.1) is 0 Å². The van der Waals surface area contributed by atoms with E-state index >= 15 is 0 Å². The van der Waals surface area contributed by atoms with E-state index in [-0.39, 0.29) is 0 Å². The third kappa shape index (κ3) is 3.14. The van der Waals surface area contributed by atoms with Gasteiger partial charge in [-0.05, 0) is 24.4 Å². The van der Waals surface area contributed by atoms with Gasteiger partial charge in [-0.3, -0.25) is 0 Å². The lowest BCUT2D eigenvalue weighted by molar-refractivity contribution is 0.670. The molecule has 2 heterocycles. The first-order valence-electron chi connectivity index (χ1n) is 5.59. The number of rotatable bonds is 6. The van der Waals surface area contributed by atoms with E-state index in [9.17, 15) is 0 Å². The second kappa shape index (κ2) is 6.13. The average Bonchev–Trinajstić information content (AvgIpc) is 2.94. The fraction of sp³-hybridized carbons (Fsp3) is 0.417. The van der Waals surface area contributed by atoms with E-state index in [2.05, 4.69) is 40.1 Å². The predicted molar refractivity (Wildman–Crippen MR) is 72.3 cm³/mol. The molecule has 16 heavy (non-hydrogen) atoms. The lowest BCUT2D eigenvalue weighted by Crippen LogP contribution is -2.17. The third-order valence-electron chi connectivity index (χ3n) is 2.27. The van der Waals surface area contributed by atoms with Crippen LogP contribution >= 0.6 is 22.7 Å². The molecule has 0 aliphatic rings. The SMILES string of the molecule is CCCNCCc1nc(-c2cccs2)cs1. The molecule has 0 aliphatic heterocycles. The second-order valence-electron chi connectivity index (χ2n) is 3.60. The molecule has 0 fully saturated rings. The molecule has 0 spiro atoms. The van der Waals surface area contributed by atoms with Gasteiger partial charge >= 0.3 is 0 Å². The summed E-state index contributed by atoms with van der Waals surface area (Å²) in [5.41, 5.74) is 1.13. The highest BCUT2D eigenvalue weighted by molar-refractivity contribution is 7.14. The normalized spacial score (nSPS) is 10.8. The van der Waals surface area contributed by atoms with E-state index < -0.39 is 0 Å². The summed E-state index contributed by atoms with van der Waals surface area (Å²) in [6, 6.07) is 4.20. The minimum atomic E-state index is 1.03. The van der Waals surface area contributed by atoms with E-state index in [4.69, 9.17) is 0 Å². The van der Waals surface area contributed by atoms with Crippen LogP contribution in [0.2, 0.25) is 0 Å². The van der Waals surface area contributed by atoms with Gasteiger partial charge in [0.05, 0.1) is 15.6 Å². The predicted octanol–water partition coefficient (Wildman–Crippen LogP) is 3.41. The molecule has 0 amide bonds. The number of hydrogen-bond acceptors (Lipinski definition) is 4. The minimum absolute atomic E-state index is 1.03. The van der Waals surface area contributed by atoms with Crippen molar-refractivity contribution in [3.63, 3.8) is 0 Å². The van der Waals surface area contributed by atoms with Gasteiger partial charge in [-0.25, -0.2) is 4.98 Å². The first kappa shape index (κ1) is 11.8. The fourth-order valence-corrected chi connectivity index (χ4v) is 3.02. The molecule has 2 nitrogen and oxygen atoms in total. The van der Waals surface area contributed by atoms with Crippen molar-refractivity contribution in [2.45, 2.75) is 19.8 Å². The first-order chi connectivity index (χ1) is 7.90. The maximum atomic E-state index is 4.64. The van der Waals surface area contributed by atoms with Crippen molar-refractivity contribution >= 4 is 22.7 Å². The van der Waals surface area contributed by atoms with Crippen LogP contribution in [0.4, 0.5) is 0 Å². The highest BCUT2D eigenvalue weighted by Crippen LogP contribution is 2.25. The topological polar surface area (TPSA) is 24.9 Å². The Morgan fingerprint density at radius 2 is 2.25 bits per heavy atom. The quantitative estimate of drug-likeness (QED) is 0.797. The number of nitrogens with zero attached hydrogens (tertiary/aromatic N) is 1. The van der Waals surface area contributed by atoms with Gasteiger partial charge in [-0.2, -0.15) is 0 Å². The average molecular weight is 252 g/mol. The number of hydrogen-bond donors (Lipinski definition) is 1. The van der Waals surface area contributed by atoms with Gasteiger partial charge in [-0.1, -0.05) is 13.0 Å². The van der Waals surface area contributed by atoms with E-state index in [1.165, 1.54) is 16.3 Å². The Balaban J connectivity index is 1.88. The van der Waals surface area contributed by atoms with Gasteiger partial charge in [0.25, 0.3) is 0 Å². The smallest absolute Gasteiger partial charge is 0.0945 e. The lowest BCUT2D eigenvalue weighted by Gasteiger charge is -1.99. The molecule has 4 heteroatoms. The Morgan fingerprint density at radius 3 is 3.00 bits per heavy atom. The van der Waals surface area contributed by atoms with Crippen molar-refractivity contribution in [2.24, 2.45) is 0 Å². The minimum Gasteiger partial charge on any atom is -0.316 e. The number of aromatic nitrogens is 1. The Hall–Kier alpha value is -0.710. The van der Waals surface area contributed by atoms with Gasteiger partial charge in [0.2, 0.25) is 0 Å². The molecule has 2 aromatic heterocycles. The van der Waals surface area contributed by atoms with Crippen LogP contribution in [0.3, 0.4) is 0 Å². The molecular weight excluding hydrogens is 236 g/mol. The van der Waals surface area contributed by atoms with Crippen molar-refractivity contribution in [3.8, 4) is 10.6 Å². The standard InChI is InChI=1S/C12H16N2S2/c1-2-6-13-7-5-12-14-10(9-16-12)11-4-3-8-15-11/h3-4,8-9,13H,2,5-7H2,1H3. The Kier molecular flexibility index (Phi) is 4.51. The highest BCUT2D eigenvalue weighted by atomic mass is 32.1. The molecule has 0 bridgehead atoms. The largest absolute Gasteiger partial charge is 0.316 e. The van der Waals surface area contributed by atoms with Gasteiger partial charge in [0, 0.05) is 18.3 Å². The molecule has 2 aromatic rings. The van der Waals surface area contributed by atoms with Crippen LogP contribution in [0.5, 0.6) is 0 Å². The van der Waals surface area contributed by atoms with E-state index in [0.29, 0.717) is 0 Å². The molecular formula is C12H16N2S2. The van der Waals surface area contributed by atoms with Crippen molar-refractivity contribution in [2.75, 3.05) is 13.1 Å². The van der Waals surface area contributed by atoms with Gasteiger partial charge in [0.1, 0.15) is 0 Å². The third-order valence-corrected chi connectivity index (χ3v) is 4.07. The molecule has 0 saturated heterocycles. The molecule has 0 unspecified atom stereocenters. The van der Waals surface area contributed by atoms with Crippen molar-refractivity contribution < 1.29 is 0 Å². The van der Waals surface area contributed by atoms with Crippen molar-refractivity contribution in [1.82, 2.24) is 10.3 Å². The zero-order valence-corrected chi connectivity index (χ0v) is 11.0. The van der Waals surface area contributed by atoms with Crippen LogP contribution in [0.1, 0.15) is 18.4 Å². The Morgan fingerprint density at radius 1 is 1.31 bits per heavy atom. The molecule has 0 radical (unpaired) electrons. The van der Waals surface area contributed by atoms with E-state index in [1.54, 1.807) is 22.7 Å². The van der Waals surface area contributed by atoms with Crippen LogP contribution < -0.4 is 5.32 Å². The zero-order valence-electron chi connectivity index (χ0n) is 9.40. The molecule has 0 aliphatic carbocycles. The zero-order chi connectivity index (χ0) is 11.2. The van der Waals surface area contributed by atoms with Gasteiger partial charge in [-0.15, -0.1) is 22.7 Å². The Labute approximate surface area is 104 Å². The number of thiophene rings is 1. The molecule has 2 rings (SSSR count). The lowest BCUT2D eigenvalue weighted by atomic mass is 10.4. The fourth-order valence-electron chi connectivity index (χ4n) is 1.46. The summed E-state index contributed by atoms with van der Waals surface area (Å²) in [5, 5.41) is 8.87. The highest BCUT2D eigenvalue weighted by Gasteiger charge is 2.04. The van der Waals surface area contributed by atoms with Crippen LogP contribution in [0.15, 0.2) is 22.9 Å². The maximum absolute atomic E-state index is 4.64. The van der Waals surface area contributed by atoms with Crippen molar-refractivity contribution in [3.05, 3.63) is 27.9 Å². The summed E-state index contributed by atoms with van der Waals surface area (Å²) in [6.07, 6.45) is 2.23. The van der Waals surface area contributed by atoms with Crippen LogP contribution in [-0.2, 0) is 6.42 Å². The summed E-state index contributed by atoms with van der Waals surface area (Å²) in [4.78, 5) is 5.91. The first-order valence-corrected chi connectivity index (χ1v) is 7.35. The summed E-state index contributed by atoms with van der Waals surface area (Å²) in [7, 11) is 0. The monoisotopic (exact) mass is 252 g/mol. The second-order valence-corrected chi connectivity index (χ2v) is 5.49. The number of thiazole rings is 1. The maximum Gasteiger partial charge on any atom is 0.0945 e. The summed E-state index contributed by atoms with van der Waals surface area (Å²) < 4.78 is 0. The molecule has 0 atom stereocenters. The molecule has 0 saturated carbocycles. The van der Waals surface area contributed by atoms with Crippen molar-refractivity contribution in [1.29, 1.82) is 0 Å². The Bertz CT molecular complexity index is 406. The molecule has 86 valence electrons. The summed E-state index contributed by atoms with van der Waals surface area (Å²) in [6.45, 7) is 4.32. The molecule has 1 N–H and O–H groups in total. The van der Waals surface area contributed by atoms with E-state index in [0.717, 1.165) is 25.2 Å².